The van der Waals surface area contributed by atoms with Gasteiger partial charge in [0.25, 0.3) is 5.91 Å². The lowest BCUT2D eigenvalue weighted by atomic mass is 10.1. The molecular formula is C13H16N4O2S. The summed E-state index contributed by atoms with van der Waals surface area (Å²) < 4.78 is 0. The Bertz CT molecular complexity index is 625. The molecule has 0 unspecified atom stereocenters. The van der Waals surface area contributed by atoms with Gasteiger partial charge in [-0.15, -0.1) is 10.2 Å². The number of anilines is 2. The Morgan fingerprint density at radius 1 is 1.45 bits per heavy atom. The zero-order valence-corrected chi connectivity index (χ0v) is 12.1. The summed E-state index contributed by atoms with van der Waals surface area (Å²) in [5, 5.41) is 21.3. The molecule has 1 amide bonds. The molecule has 4 N–H and O–H groups in total. The molecule has 0 saturated carbocycles. The molecule has 20 heavy (non-hydrogen) atoms. The second kappa shape index (κ2) is 5.87. The Morgan fingerprint density at radius 2 is 2.20 bits per heavy atom. The third-order valence-electron chi connectivity index (χ3n) is 2.55. The number of carbonyl (C=O) groups excluding carboxylic acids is 1. The molecule has 0 spiro atoms. The number of hydrogen-bond donors (Lipinski definition) is 3. The van der Waals surface area contributed by atoms with Crippen molar-refractivity contribution in [2.45, 2.75) is 20.3 Å². The summed E-state index contributed by atoms with van der Waals surface area (Å²) in [6, 6.07) is 4.23. The van der Waals surface area contributed by atoms with Crippen molar-refractivity contribution in [3.8, 4) is 5.75 Å². The van der Waals surface area contributed by atoms with Gasteiger partial charge in [0.2, 0.25) is 5.13 Å². The number of nitrogens with two attached hydrogens (primary N) is 1. The Morgan fingerprint density at radius 3 is 2.90 bits per heavy atom. The number of aromatic hydroxyl groups is 1. The number of nitrogens with one attached hydrogen (secondary N) is 1. The average Bonchev–Trinajstić information content (AvgIpc) is 2.78. The van der Waals surface area contributed by atoms with Crippen LogP contribution >= 0.6 is 11.3 Å². The number of amides is 1. The largest absolute Gasteiger partial charge is 0.508 e. The Hall–Kier alpha value is -2.15. The first kappa shape index (κ1) is 14.3. The van der Waals surface area contributed by atoms with Gasteiger partial charge in [0.1, 0.15) is 10.8 Å². The van der Waals surface area contributed by atoms with Crippen LogP contribution in [0.15, 0.2) is 18.2 Å². The summed E-state index contributed by atoms with van der Waals surface area (Å²) in [4.78, 5) is 12.1. The highest BCUT2D eigenvalue weighted by molar-refractivity contribution is 7.15. The van der Waals surface area contributed by atoms with Gasteiger partial charge in [-0.05, 0) is 24.1 Å². The van der Waals surface area contributed by atoms with Crippen molar-refractivity contribution in [2.24, 2.45) is 5.92 Å². The normalized spacial score (nSPS) is 10.8. The molecule has 0 aliphatic heterocycles. The molecule has 6 nitrogen and oxygen atoms in total. The highest BCUT2D eigenvalue weighted by Crippen LogP contribution is 2.22. The molecule has 7 heteroatoms. The number of phenols is 1. The lowest BCUT2D eigenvalue weighted by Crippen LogP contribution is -2.13. The smallest absolute Gasteiger partial charge is 0.259 e. The number of phenolic OH excluding ortho intramolecular Hbond substituents is 1. The van der Waals surface area contributed by atoms with Crippen molar-refractivity contribution in [3.05, 3.63) is 28.8 Å². The summed E-state index contributed by atoms with van der Waals surface area (Å²) in [5.74, 6) is 0.0565. The van der Waals surface area contributed by atoms with Gasteiger partial charge in [0.05, 0.1) is 5.56 Å². The van der Waals surface area contributed by atoms with Crippen LogP contribution in [0.3, 0.4) is 0 Å². The molecule has 2 rings (SSSR count). The van der Waals surface area contributed by atoms with Crippen LogP contribution in [-0.4, -0.2) is 21.2 Å². The van der Waals surface area contributed by atoms with Crippen molar-refractivity contribution in [1.82, 2.24) is 10.2 Å². The van der Waals surface area contributed by atoms with E-state index in [1.165, 1.54) is 29.5 Å². The van der Waals surface area contributed by atoms with Gasteiger partial charge in [-0.2, -0.15) is 0 Å². The van der Waals surface area contributed by atoms with E-state index in [4.69, 9.17) is 5.73 Å². The summed E-state index contributed by atoms with van der Waals surface area (Å²) in [5.41, 5.74) is 6.22. The molecular weight excluding hydrogens is 276 g/mol. The van der Waals surface area contributed by atoms with Gasteiger partial charge in [0.15, 0.2) is 0 Å². The molecule has 0 atom stereocenters. The first-order chi connectivity index (χ1) is 9.45. The van der Waals surface area contributed by atoms with Crippen LogP contribution in [0.1, 0.15) is 29.2 Å². The number of carbonyl (C=O) groups is 1. The van der Waals surface area contributed by atoms with Crippen molar-refractivity contribution in [1.29, 1.82) is 0 Å². The summed E-state index contributed by atoms with van der Waals surface area (Å²) >= 11 is 1.34. The van der Waals surface area contributed by atoms with Gasteiger partial charge in [-0.25, -0.2) is 0 Å². The lowest BCUT2D eigenvalue weighted by molar-refractivity contribution is 0.102. The topological polar surface area (TPSA) is 101 Å². The molecule has 0 radical (unpaired) electrons. The molecule has 0 aliphatic rings. The first-order valence-corrected chi connectivity index (χ1v) is 6.99. The third-order valence-corrected chi connectivity index (χ3v) is 3.41. The minimum Gasteiger partial charge on any atom is -0.508 e. The van der Waals surface area contributed by atoms with Gasteiger partial charge < -0.3 is 10.8 Å². The summed E-state index contributed by atoms with van der Waals surface area (Å²) in [7, 11) is 0. The van der Waals surface area contributed by atoms with E-state index in [1.54, 1.807) is 0 Å². The van der Waals surface area contributed by atoms with E-state index in [-0.39, 0.29) is 11.3 Å². The van der Waals surface area contributed by atoms with E-state index in [9.17, 15) is 9.90 Å². The fourth-order valence-corrected chi connectivity index (χ4v) is 2.59. The standard InChI is InChI=1S/C13H16N4O2S/c1-7(2)5-11-16-17-13(20-11)15-12(19)9-6-8(18)3-4-10(9)14/h3-4,6-7,18H,5,14H2,1-2H3,(H,15,17,19). The Labute approximate surface area is 120 Å². The lowest BCUT2D eigenvalue weighted by Gasteiger charge is -2.05. The zero-order chi connectivity index (χ0) is 14.7. The number of aromatic nitrogens is 2. The van der Waals surface area contributed by atoms with Crippen LogP contribution in [0.4, 0.5) is 10.8 Å². The predicted octanol–water partition coefficient (Wildman–Crippen LogP) is 2.28. The molecule has 0 aliphatic carbocycles. The van der Waals surface area contributed by atoms with E-state index in [0.717, 1.165) is 11.4 Å². The molecule has 1 aromatic heterocycles. The van der Waals surface area contributed by atoms with E-state index < -0.39 is 5.91 Å². The van der Waals surface area contributed by atoms with Crippen LogP contribution in [0, 0.1) is 5.92 Å². The molecule has 2 aromatic rings. The molecule has 0 fully saturated rings. The van der Waals surface area contributed by atoms with Crippen molar-refractivity contribution in [3.63, 3.8) is 0 Å². The fourth-order valence-electron chi connectivity index (χ4n) is 1.64. The second-order valence-electron chi connectivity index (χ2n) is 4.82. The summed E-state index contributed by atoms with van der Waals surface area (Å²) in [6.45, 7) is 4.18. The molecule has 1 aromatic carbocycles. The molecule has 1 heterocycles. The predicted molar refractivity (Wildman–Crippen MR) is 78.9 cm³/mol. The van der Waals surface area contributed by atoms with E-state index >= 15 is 0 Å². The van der Waals surface area contributed by atoms with Gasteiger partial charge in [-0.3, -0.25) is 10.1 Å². The number of rotatable bonds is 4. The minimum atomic E-state index is -0.411. The van der Waals surface area contributed by atoms with E-state index in [1.807, 2.05) is 0 Å². The quantitative estimate of drug-likeness (QED) is 0.593. The third kappa shape index (κ3) is 3.45. The highest BCUT2D eigenvalue weighted by atomic mass is 32.1. The summed E-state index contributed by atoms with van der Waals surface area (Å²) in [6.07, 6.45) is 0.821. The van der Waals surface area contributed by atoms with Crippen molar-refractivity contribution in [2.75, 3.05) is 11.1 Å². The van der Waals surface area contributed by atoms with Gasteiger partial charge in [0, 0.05) is 12.1 Å². The van der Waals surface area contributed by atoms with Crippen LogP contribution < -0.4 is 11.1 Å². The van der Waals surface area contributed by atoms with Crippen LogP contribution in [0.2, 0.25) is 0 Å². The van der Waals surface area contributed by atoms with Gasteiger partial charge >= 0.3 is 0 Å². The van der Waals surface area contributed by atoms with Crippen LogP contribution in [-0.2, 0) is 6.42 Å². The average molecular weight is 292 g/mol. The molecule has 0 bridgehead atoms. The van der Waals surface area contributed by atoms with Gasteiger partial charge in [-0.1, -0.05) is 25.2 Å². The van der Waals surface area contributed by atoms with E-state index in [2.05, 4.69) is 29.4 Å². The molecule has 0 saturated heterocycles. The maximum atomic E-state index is 12.1. The minimum absolute atomic E-state index is 0.0119. The SMILES string of the molecule is CC(C)Cc1nnc(NC(=O)c2cc(O)ccc2N)s1. The van der Waals surface area contributed by atoms with Crippen LogP contribution in [0.25, 0.3) is 0 Å². The maximum absolute atomic E-state index is 12.1. The molecule has 106 valence electrons. The fraction of sp³-hybridized carbons (Fsp3) is 0.308. The number of benzene rings is 1. The number of nitrogen functional groups attached to an aromatic ring is 1. The number of hydrogen-bond acceptors (Lipinski definition) is 6. The van der Waals surface area contributed by atoms with Crippen molar-refractivity contribution >= 4 is 28.1 Å². The Balaban J connectivity index is 2.11. The second-order valence-corrected chi connectivity index (χ2v) is 5.89. The monoisotopic (exact) mass is 292 g/mol. The highest BCUT2D eigenvalue weighted by Gasteiger charge is 2.14. The van der Waals surface area contributed by atoms with E-state index in [0.29, 0.717) is 16.7 Å². The Kier molecular flexibility index (Phi) is 4.19. The van der Waals surface area contributed by atoms with Crippen molar-refractivity contribution < 1.29 is 9.90 Å². The maximum Gasteiger partial charge on any atom is 0.259 e. The van der Waals surface area contributed by atoms with Crippen LogP contribution in [0.5, 0.6) is 5.75 Å². The zero-order valence-electron chi connectivity index (χ0n) is 11.3. The first-order valence-electron chi connectivity index (χ1n) is 6.18. The number of nitrogens with zero attached hydrogens (tertiary/aromatic N) is 2.